The number of aromatic nitrogens is 4. The summed E-state index contributed by atoms with van der Waals surface area (Å²) < 4.78 is 2.85. The van der Waals surface area contributed by atoms with Crippen LogP contribution >= 0.6 is 15.9 Å². The molecule has 0 aliphatic carbocycles. The van der Waals surface area contributed by atoms with E-state index in [1.807, 2.05) is 28.9 Å². The Morgan fingerprint density at radius 2 is 2.00 bits per heavy atom. The molecule has 18 heavy (non-hydrogen) atoms. The second-order valence-corrected chi connectivity index (χ2v) is 5.28. The van der Waals surface area contributed by atoms with Crippen molar-refractivity contribution in [2.24, 2.45) is 0 Å². The normalized spacial score (nSPS) is 16.9. The number of piperidine rings is 1. The summed E-state index contributed by atoms with van der Waals surface area (Å²) in [4.78, 5) is 0. The topological polar surface area (TPSA) is 55.6 Å². The summed E-state index contributed by atoms with van der Waals surface area (Å²) in [5, 5.41) is 15.5. The zero-order valence-electron chi connectivity index (χ0n) is 9.88. The Kier molecular flexibility index (Phi) is 3.38. The summed E-state index contributed by atoms with van der Waals surface area (Å²) >= 11 is 3.55. The van der Waals surface area contributed by atoms with Gasteiger partial charge in [0.05, 0.1) is 5.69 Å². The molecule has 1 N–H and O–H groups in total. The third-order valence-corrected chi connectivity index (χ3v) is 3.95. The van der Waals surface area contributed by atoms with E-state index in [2.05, 4.69) is 36.8 Å². The van der Waals surface area contributed by atoms with Gasteiger partial charge in [-0.25, -0.2) is 0 Å². The Labute approximate surface area is 114 Å². The average Bonchev–Trinajstić information content (AvgIpc) is 2.89. The number of rotatable bonds is 2. The van der Waals surface area contributed by atoms with Crippen molar-refractivity contribution in [3.63, 3.8) is 0 Å². The quantitative estimate of drug-likeness (QED) is 0.920. The fourth-order valence-electron chi connectivity index (χ4n) is 2.32. The van der Waals surface area contributed by atoms with Gasteiger partial charge in [-0.05, 0) is 64.4 Å². The fraction of sp³-hybridized carbons (Fsp3) is 0.417. The third kappa shape index (κ3) is 2.18. The van der Waals surface area contributed by atoms with Gasteiger partial charge in [-0.1, -0.05) is 12.1 Å². The van der Waals surface area contributed by atoms with Gasteiger partial charge in [0.1, 0.15) is 0 Å². The summed E-state index contributed by atoms with van der Waals surface area (Å²) in [5.41, 5.74) is 0.996. The highest BCUT2D eigenvalue weighted by atomic mass is 79.9. The molecule has 1 aromatic carbocycles. The molecular weight excluding hydrogens is 294 g/mol. The lowest BCUT2D eigenvalue weighted by Gasteiger charge is -2.21. The Hall–Kier alpha value is -1.27. The van der Waals surface area contributed by atoms with E-state index in [9.17, 15) is 0 Å². The molecule has 0 spiro atoms. The third-order valence-electron chi connectivity index (χ3n) is 3.28. The van der Waals surface area contributed by atoms with E-state index in [1.54, 1.807) is 0 Å². The highest BCUT2D eigenvalue weighted by Gasteiger charge is 2.22. The number of hydrogen-bond donors (Lipinski definition) is 1. The van der Waals surface area contributed by atoms with E-state index in [1.165, 1.54) is 0 Å². The van der Waals surface area contributed by atoms with Crippen molar-refractivity contribution in [3.8, 4) is 5.69 Å². The number of nitrogens with zero attached hydrogens (tertiary/aromatic N) is 4. The first kappa shape index (κ1) is 11.8. The van der Waals surface area contributed by atoms with Crippen molar-refractivity contribution in [2.75, 3.05) is 13.1 Å². The van der Waals surface area contributed by atoms with Gasteiger partial charge < -0.3 is 5.32 Å². The Bertz CT molecular complexity index is 533. The fourth-order valence-corrected chi connectivity index (χ4v) is 2.78. The number of benzene rings is 1. The van der Waals surface area contributed by atoms with Crippen molar-refractivity contribution >= 4 is 15.9 Å². The lowest BCUT2D eigenvalue weighted by atomic mass is 9.97. The molecule has 94 valence electrons. The first-order chi connectivity index (χ1) is 8.86. The molecule has 1 aliphatic heterocycles. The summed E-state index contributed by atoms with van der Waals surface area (Å²) in [5.74, 6) is 1.40. The number of halogens is 1. The van der Waals surface area contributed by atoms with Gasteiger partial charge in [0.2, 0.25) is 0 Å². The molecule has 0 radical (unpaired) electrons. The lowest BCUT2D eigenvalue weighted by molar-refractivity contribution is 0.438. The maximum atomic E-state index is 4.21. The number of hydrogen-bond acceptors (Lipinski definition) is 4. The monoisotopic (exact) mass is 307 g/mol. The predicted octanol–water partition coefficient (Wildman–Crippen LogP) is 1.89. The van der Waals surface area contributed by atoms with Crippen LogP contribution in [-0.4, -0.2) is 33.3 Å². The first-order valence-corrected chi connectivity index (χ1v) is 6.89. The SMILES string of the molecule is Brc1ccccc1-n1nnnc1C1CCNCC1. The van der Waals surface area contributed by atoms with Crippen LogP contribution in [0.2, 0.25) is 0 Å². The van der Waals surface area contributed by atoms with E-state index in [0.717, 1.165) is 41.9 Å². The predicted molar refractivity (Wildman–Crippen MR) is 71.7 cm³/mol. The van der Waals surface area contributed by atoms with Gasteiger partial charge in [0, 0.05) is 10.4 Å². The van der Waals surface area contributed by atoms with E-state index >= 15 is 0 Å². The summed E-state index contributed by atoms with van der Waals surface area (Å²) in [6.45, 7) is 2.07. The van der Waals surface area contributed by atoms with Crippen molar-refractivity contribution in [3.05, 3.63) is 34.6 Å². The molecule has 0 atom stereocenters. The molecule has 2 aromatic rings. The van der Waals surface area contributed by atoms with Gasteiger partial charge in [0.25, 0.3) is 0 Å². The summed E-state index contributed by atoms with van der Waals surface area (Å²) in [6.07, 6.45) is 2.18. The minimum absolute atomic E-state index is 0.438. The van der Waals surface area contributed by atoms with Crippen molar-refractivity contribution < 1.29 is 0 Å². The Morgan fingerprint density at radius 1 is 1.22 bits per heavy atom. The van der Waals surface area contributed by atoms with E-state index < -0.39 is 0 Å². The molecule has 1 fully saturated rings. The molecule has 0 saturated carbocycles. The lowest BCUT2D eigenvalue weighted by Crippen LogP contribution is -2.28. The summed E-state index contributed by atoms with van der Waals surface area (Å²) in [7, 11) is 0. The average molecular weight is 308 g/mol. The van der Waals surface area contributed by atoms with Crippen LogP contribution in [0.5, 0.6) is 0 Å². The van der Waals surface area contributed by atoms with E-state index in [4.69, 9.17) is 0 Å². The molecule has 0 amide bonds. The van der Waals surface area contributed by atoms with Crippen LogP contribution in [0.15, 0.2) is 28.7 Å². The highest BCUT2D eigenvalue weighted by molar-refractivity contribution is 9.10. The number of tetrazole rings is 1. The standard InChI is InChI=1S/C12H14BrN5/c13-10-3-1-2-4-11(10)18-12(15-16-17-18)9-5-7-14-8-6-9/h1-4,9,14H,5-8H2. The summed E-state index contributed by atoms with van der Waals surface area (Å²) in [6, 6.07) is 8.00. The minimum Gasteiger partial charge on any atom is -0.317 e. The van der Waals surface area contributed by atoms with Crippen LogP contribution in [0.25, 0.3) is 5.69 Å². The Balaban J connectivity index is 1.98. The molecule has 0 unspecified atom stereocenters. The molecule has 1 saturated heterocycles. The second kappa shape index (κ2) is 5.16. The molecule has 1 aromatic heterocycles. The smallest absolute Gasteiger partial charge is 0.159 e. The van der Waals surface area contributed by atoms with Gasteiger partial charge >= 0.3 is 0 Å². The zero-order chi connectivity index (χ0) is 12.4. The molecule has 5 nitrogen and oxygen atoms in total. The molecular formula is C12H14BrN5. The minimum atomic E-state index is 0.438. The maximum absolute atomic E-state index is 4.21. The van der Waals surface area contributed by atoms with Gasteiger partial charge in [-0.3, -0.25) is 0 Å². The molecule has 1 aliphatic rings. The Morgan fingerprint density at radius 3 is 2.78 bits per heavy atom. The second-order valence-electron chi connectivity index (χ2n) is 4.42. The van der Waals surface area contributed by atoms with Crippen LogP contribution < -0.4 is 5.32 Å². The van der Waals surface area contributed by atoms with Gasteiger partial charge in [-0.15, -0.1) is 5.10 Å². The van der Waals surface area contributed by atoms with Crippen molar-refractivity contribution in [1.29, 1.82) is 0 Å². The van der Waals surface area contributed by atoms with Crippen molar-refractivity contribution in [2.45, 2.75) is 18.8 Å². The van der Waals surface area contributed by atoms with Crippen LogP contribution in [0.1, 0.15) is 24.6 Å². The highest BCUT2D eigenvalue weighted by Crippen LogP contribution is 2.27. The largest absolute Gasteiger partial charge is 0.317 e. The zero-order valence-corrected chi connectivity index (χ0v) is 11.5. The van der Waals surface area contributed by atoms with Crippen LogP contribution in [0.4, 0.5) is 0 Å². The molecule has 3 rings (SSSR count). The van der Waals surface area contributed by atoms with Gasteiger partial charge in [-0.2, -0.15) is 4.68 Å². The molecule has 0 bridgehead atoms. The molecule has 2 heterocycles. The van der Waals surface area contributed by atoms with Crippen LogP contribution in [-0.2, 0) is 0 Å². The maximum Gasteiger partial charge on any atom is 0.159 e. The molecule has 6 heteroatoms. The number of nitrogens with one attached hydrogen (secondary N) is 1. The number of para-hydroxylation sites is 1. The van der Waals surface area contributed by atoms with Crippen LogP contribution in [0, 0.1) is 0 Å². The van der Waals surface area contributed by atoms with Crippen LogP contribution in [0.3, 0.4) is 0 Å². The first-order valence-electron chi connectivity index (χ1n) is 6.10. The van der Waals surface area contributed by atoms with Crippen molar-refractivity contribution in [1.82, 2.24) is 25.5 Å². The van der Waals surface area contributed by atoms with Gasteiger partial charge in [0.15, 0.2) is 5.82 Å². The van der Waals surface area contributed by atoms with E-state index in [0.29, 0.717) is 5.92 Å². The van der Waals surface area contributed by atoms with E-state index in [-0.39, 0.29) is 0 Å².